The van der Waals surface area contributed by atoms with Crippen molar-refractivity contribution in [2.75, 3.05) is 6.61 Å². The highest BCUT2D eigenvalue weighted by atomic mass is 19.3. The molecule has 0 N–H and O–H groups in total. The van der Waals surface area contributed by atoms with Crippen LogP contribution in [0.25, 0.3) is 0 Å². The minimum atomic E-state index is -2.63. The molecule has 0 aliphatic rings. The topological polar surface area (TPSA) is 9.23 Å². The van der Waals surface area contributed by atoms with E-state index in [0.29, 0.717) is 0 Å². The number of hydrogen-bond donors (Lipinski definition) is 0. The molecule has 0 saturated heterocycles. The SMILES string of the molecule is CC[CH]COC(F)F. The van der Waals surface area contributed by atoms with Crippen molar-refractivity contribution in [2.24, 2.45) is 0 Å². The van der Waals surface area contributed by atoms with Gasteiger partial charge in [-0.3, -0.25) is 0 Å². The zero-order chi connectivity index (χ0) is 6.41. The fraction of sp³-hybridized carbons (Fsp3) is 0.800. The Morgan fingerprint density at radius 1 is 1.62 bits per heavy atom. The second kappa shape index (κ2) is 4.97. The van der Waals surface area contributed by atoms with Gasteiger partial charge in [-0.2, -0.15) is 8.78 Å². The second-order valence-corrected chi connectivity index (χ2v) is 1.29. The minimum absolute atomic E-state index is 0.0498. The lowest BCUT2D eigenvalue weighted by molar-refractivity contribution is -0.122. The third-order valence-electron chi connectivity index (χ3n) is 0.629. The van der Waals surface area contributed by atoms with Crippen LogP contribution in [0.15, 0.2) is 0 Å². The Hall–Kier alpha value is -0.180. The van der Waals surface area contributed by atoms with Crippen LogP contribution < -0.4 is 0 Å². The predicted octanol–water partition coefficient (Wildman–Crippen LogP) is 1.84. The van der Waals surface area contributed by atoms with Crippen molar-refractivity contribution in [2.45, 2.75) is 20.0 Å². The molecule has 3 heteroatoms. The highest BCUT2D eigenvalue weighted by Gasteiger charge is 1.98. The fourth-order valence-electron chi connectivity index (χ4n) is 0.259. The summed E-state index contributed by atoms with van der Waals surface area (Å²) in [5.41, 5.74) is 0. The van der Waals surface area contributed by atoms with Gasteiger partial charge in [0.2, 0.25) is 0 Å². The van der Waals surface area contributed by atoms with E-state index in [4.69, 9.17) is 0 Å². The minimum Gasteiger partial charge on any atom is -0.323 e. The van der Waals surface area contributed by atoms with Crippen molar-refractivity contribution in [3.63, 3.8) is 0 Å². The van der Waals surface area contributed by atoms with E-state index in [1.54, 1.807) is 6.42 Å². The zero-order valence-corrected chi connectivity index (χ0v) is 4.73. The van der Waals surface area contributed by atoms with Crippen LogP contribution in [0.2, 0.25) is 0 Å². The molecule has 0 aromatic carbocycles. The van der Waals surface area contributed by atoms with E-state index in [1.807, 2.05) is 6.92 Å². The Kier molecular flexibility index (Phi) is 4.85. The van der Waals surface area contributed by atoms with Gasteiger partial charge in [-0.1, -0.05) is 13.3 Å². The van der Waals surface area contributed by atoms with Crippen molar-refractivity contribution in [1.29, 1.82) is 0 Å². The molecule has 0 amide bonds. The van der Waals surface area contributed by atoms with Gasteiger partial charge >= 0.3 is 6.61 Å². The average molecular weight is 123 g/mol. The molecule has 0 aliphatic heterocycles. The first-order chi connectivity index (χ1) is 3.77. The maximum absolute atomic E-state index is 11.1. The number of halogens is 2. The van der Waals surface area contributed by atoms with Gasteiger partial charge in [-0.15, -0.1) is 0 Å². The first-order valence-electron chi connectivity index (χ1n) is 2.48. The molecule has 0 bridgehead atoms. The molecule has 0 saturated carbocycles. The molecule has 0 heterocycles. The highest BCUT2D eigenvalue weighted by molar-refractivity contribution is 4.57. The third kappa shape index (κ3) is 5.82. The van der Waals surface area contributed by atoms with Gasteiger partial charge in [-0.25, -0.2) is 0 Å². The number of hydrogen-bond acceptors (Lipinski definition) is 1. The van der Waals surface area contributed by atoms with E-state index in [0.717, 1.165) is 6.42 Å². The maximum Gasteiger partial charge on any atom is 0.345 e. The standard InChI is InChI=1S/C5H9F2O/c1-2-3-4-8-5(6)7/h3,5H,2,4H2,1H3. The Bertz CT molecular complexity index is 47.7. The molecule has 0 aromatic rings. The molecule has 0 aliphatic carbocycles. The summed E-state index contributed by atoms with van der Waals surface area (Å²) in [6, 6.07) is 0. The summed E-state index contributed by atoms with van der Waals surface area (Å²) < 4.78 is 26.1. The Morgan fingerprint density at radius 2 is 2.25 bits per heavy atom. The van der Waals surface area contributed by atoms with Gasteiger partial charge in [0.15, 0.2) is 0 Å². The van der Waals surface area contributed by atoms with Gasteiger partial charge in [-0.05, 0) is 6.42 Å². The summed E-state index contributed by atoms with van der Waals surface area (Å²) in [5.74, 6) is 0. The highest BCUT2D eigenvalue weighted by Crippen LogP contribution is 1.95. The fourth-order valence-corrected chi connectivity index (χ4v) is 0.259. The Labute approximate surface area is 47.6 Å². The lowest BCUT2D eigenvalue weighted by atomic mass is 10.4. The first-order valence-corrected chi connectivity index (χ1v) is 2.48. The van der Waals surface area contributed by atoms with Gasteiger partial charge < -0.3 is 4.74 Å². The van der Waals surface area contributed by atoms with E-state index < -0.39 is 6.61 Å². The number of rotatable bonds is 4. The molecular formula is C5H9F2O. The summed E-state index contributed by atoms with van der Waals surface area (Å²) in [6.45, 7) is -0.707. The van der Waals surface area contributed by atoms with Crippen molar-refractivity contribution in [3.8, 4) is 0 Å². The van der Waals surface area contributed by atoms with Gasteiger partial charge in [0.05, 0.1) is 6.61 Å². The first kappa shape index (κ1) is 7.82. The number of alkyl halides is 2. The van der Waals surface area contributed by atoms with Crippen LogP contribution in [-0.4, -0.2) is 13.2 Å². The molecule has 0 rings (SSSR count). The van der Waals surface area contributed by atoms with Crippen molar-refractivity contribution >= 4 is 0 Å². The lowest BCUT2D eigenvalue weighted by Crippen LogP contribution is -2.00. The van der Waals surface area contributed by atoms with Crippen molar-refractivity contribution < 1.29 is 13.5 Å². The summed E-state index contributed by atoms with van der Waals surface area (Å²) in [6.07, 6.45) is 2.42. The van der Waals surface area contributed by atoms with Gasteiger partial charge in [0.1, 0.15) is 0 Å². The normalized spacial score (nSPS) is 10.5. The van der Waals surface area contributed by atoms with E-state index in [2.05, 4.69) is 4.74 Å². The van der Waals surface area contributed by atoms with Crippen LogP contribution in [-0.2, 0) is 4.74 Å². The van der Waals surface area contributed by atoms with E-state index in [9.17, 15) is 8.78 Å². The van der Waals surface area contributed by atoms with Crippen LogP contribution in [0.1, 0.15) is 13.3 Å². The van der Waals surface area contributed by atoms with Crippen LogP contribution in [0, 0.1) is 6.42 Å². The molecular weight excluding hydrogens is 114 g/mol. The molecule has 0 spiro atoms. The molecule has 0 atom stereocenters. The maximum atomic E-state index is 11.1. The largest absolute Gasteiger partial charge is 0.345 e. The van der Waals surface area contributed by atoms with Crippen LogP contribution >= 0.6 is 0 Å². The Balaban J connectivity index is 2.72. The lowest BCUT2D eigenvalue weighted by Gasteiger charge is -1.97. The predicted molar refractivity (Wildman–Crippen MR) is 26.5 cm³/mol. The molecule has 49 valence electrons. The third-order valence-corrected chi connectivity index (χ3v) is 0.629. The van der Waals surface area contributed by atoms with Crippen molar-refractivity contribution in [3.05, 3.63) is 6.42 Å². The number of unbranched alkanes of at least 4 members (excludes halogenated alkanes) is 1. The smallest absolute Gasteiger partial charge is 0.323 e. The molecule has 1 nitrogen and oxygen atoms in total. The monoisotopic (exact) mass is 123 g/mol. The molecule has 0 fully saturated rings. The zero-order valence-electron chi connectivity index (χ0n) is 4.73. The van der Waals surface area contributed by atoms with E-state index in [1.165, 1.54) is 0 Å². The molecule has 8 heavy (non-hydrogen) atoms. The van der Waals surface area contributed by atoms with Crippen LogP contribution in [0.3, 0.4) is 0 Å². The molecule has 0 aromatic heterocycles. The summed E-state index contributed by atoms with van der Waals surface area (Å²) in [7, 11) is 0. The van der Waals surface area contributed by atoms with Crippen molar-refractivity contribution in [1.82, 2.24) is 0 Å². The summed E-state index contributed by atoms with van der Waals surface area (Å²) in [5, 5.41) is 0. The molecule has 1 radical (unpaired) electrons. The quantitative estimate of drug-likeness (QED) is 0.518. The average Bonchev–Trinajstić information content (AvgIpc) is 1.66. The van der Waals surface area contributed by atoms with E-state index >= 15 is 0 Å². The van der Waals surface area contributed by atoms with Crippen LogP contribution in [0.5, 0.6) is 0 Å². The van der Waals surface area contributed by atoms with E-state index in [-0.39, 0.29) is 6.61 Å². The number of ether oxygens (including phenoxy) is 1. The Morgan fingerprint density at radius 3 is 2.62 bits per heavy atom. The summed E-state index contributed by atoms with van der Waals surface area (Å²) in [4.78, 5) is 0. The van der Waals surface area contributed by atoms with Gasteiger partial charge in [0.25, 0.3) is 0 Å². The summed E-state index contributed by atoms with van der Waals surface area (Å²) >= 11 is 0. The van der Waals surface area contributed by atoms with Crippen LogP contribution in [0.4, 0.5) is 8.78 Å². The molecule has 0 unspecified atom stereocenters. The van der Waals surface area contributed by atoms with Gasteiger partial charge in [0, 0.05) is 0 Å². The second-order valence-electron chi connectivity index (χ2n) is 1.29.